The Morgan fingerprint density at radius 2 is 2.07 bits per heavy atom. The zero-order valence-corrected chi connectivity index (χ0v) is 8.03. The van der Waals surface area contributed by atoms with Crippen LogP contribution in [0.1, 0.15) is 19.3 Å². The van der Waals surface area contributed by atoms with Crippen molar-refractivity contribution < 1.29 is 9.72 Å². The molecule has 4 heteroatoms. The van der Waals surface area contributed by atoms with Crippen molar-refractivity contribution in [3.63, 3.8) is 0 Å². The van der Waals surface area contributed by atoms with Crippen LogP contribution in [0.5, 0.6) is 0 Å². The smallest absolute Gasteiger partial charge is 0.280 e. The second-order valence-electron chi connectivity index (χ2n) is 4.41. The Kier molecular flexibility index (Phi) is 1.40. The molecular weight excluding hydrogens is 194 g/mol. The van der Waals surface area contributed by atoms with E-state index in [1.165, 1.54) is 6.08 Å². The van der Waals surface area contributed by atoms with Gasteiger partial charge in [0, 0.05) is 12.5 Å². The molecule has 3 aliphatic rings. The second-order valence-corrected chi connectivity index (χ2v) is 4.41. The zero-order valence-electron chi connectivity index (χ0n) is 8.03. The first-order valence-corrected chi connectivity index (χ1v) is 4.95. The highest BCUT2D eigenvalue weighted by atomic mass is 16.6. The van der Waals surface area contributed by atoms with Gasteiger partial charge in [-0.15, -0.1) is 0 Å². The predicted molar refractivity (Wildman–Crippen MR) is 52.5 cm³/mol. The number of carbonyl (C=O) groups excluding carboxylic acids is 1. The number of ketones is 1. The molecule has 0 heterocycles. The van der Waals surface area contributed by atoms with Crippen molar-refractivity contribution in [2.45, 2.75) is 19.3 Å². The lowest BCUT2D eigenvalue weighted by Crippen LogP contribution is -2.18. The normalized spacial score (nSPS) is 25.6. The number of rotatable bonds is 1. The van der Waals surface area contributed by atoms with E-state index in [0.717, 1.165) is 18.4 Å². The molecular formula is C11H9NO3. The molecule has 0 radical (unpaired) electrons. The van der Waals surface area contributed by atoms with Crippen LogP contribution in [0.4, 0.5) is 0 Å². The summed E-state index contributed by atoms with van der Waals surface area (Å²) in [5.74, 6) is -0.0679. The molecule has 0 atom stereocenters. The van der Waals surface area contributed by atoms with Gasteiger partial charge in [-0.05, 0) is 29.9 Å². The number of nitro groups is 1. The number of carbonyl (C=O) groups is 1. The van der Waals surface area contributed by atoms with E-state index in [9.17, 15) is 14.9 Å². The first-order chi connectivity index (χ1) is 7.11. The highest BCUT2D eigenvalue weighted by Gasteiger charge is 2.48. The highest BCUT2D eigenvalue weighted by Crippen LogP contribution is 2.55. The van der Waals surface area contributed by atoms with Crippen LogP contribution < -0.4 is 0 Å². The molecule has 3 rings (SSSR count). The standard InChI is InChI=1S/C11H9NO3/c13-9-6-11(3-4-11)5-7-1-2-8(10(7)9)12(14)15/h1-2,5H,3-4,6H2. The van der Waals surface area contributed by atoms with E-state index in [-0.39, 0.29) is 16.9 Å². The van der Waals surface area contributed by atoms with E-state index in [1.54, 1.807) is 6.08 Å². The number of nitrogens with zero attached hydrogens (tertiary/aromatic N) is 1. The summed E-state index contributed by atoms with van der Waals surface area (Å²) >= 11 is 0. The van der Waals surface area contributed by atoms with Gasteiger partial charge < -0.3 is 0 Å². The minimum absolute atomic E-state index is 0.0400. The quantitative estimate of drug-likeness (QED) is 0.482. The topological polar surface area (TPSA) is 60.2 Å². The van der Waals surface area contributed by atoms with Crippen molar-refractivity contribution >= 4 is 5.78 Å². The number of Topliss-reactive ketones (excluding diaryl/α,β-unsaturated/α-hetero) is 1. The Morgan fingerprint density at radius 3 is 2.67 bits per heavy atom. The fraction of sp³-hybridized carbons (Fsp3) is 0.364. The van der Waals surface area contributed by atoms with Crippen molar-refractivity contribution in [1.82, 2.24) is 0 Å². The molecule has 0 aromatic carbocycles. The van der Waals surface area contributed by atoms with E-state index in [1.807, 2.05) is 6.08 Å². The molecule has 1 saturated carbocycles. The molecule has 0 aromatic heterocycles. The zero-order chi connectivity index (χ0) is 10.6. The van der Waals surface area contributed by atoms with Gasteiger partial charge in [0.15, 0.2) is 5.78 Å². The average molecular weight is 203 g/mol. The molecule has 0 bridgehead atoms. The Hall–Kier alpha value is -1.71. The van der Waals surface area contributed by atoms with Gasteiger partial charge in [-0.25, -0.2) is 0 Å². The van der Waals surface area contributed by atoms with Gasteiger partial charge in [-0.3, -0.25) is 14.9 Å². The van der Waals surface area contributed by atoms with Gasteiger partial charge >= 0.3 is 0 Å². The van der Waals surface area contributed by atoms with Crippen molar-refractivity contribution in [1.29, 1.82) is 0 Å². The fourth-order valence-electron chi connectivity index (χ4n) is 2.33. The van der Waals surface area contributed by atoms with Crippen molar-refractivity contribution in [2.24, 2.45) is 5.41 Å². The predicted octanol–water partition coefficient (Wildman–Crippen LogP) is 1.77. The van der Waals surface area contributed by atoms with E-state index < -0.39 is 4.92 Å². The summed E-state index contributed by atoms with van der Waals surface area (Å²) in [7, 11) is 0. The Bertz CT molecular complexity index is 478. The third-order valence-corrected chi connectivity index (χ3v) is 3.31. The van der Waals surface area contributed by atoms with Crippen molar-refractivity contribution in [3.05, 3.63) is 45.2 Å². The number of hydrogen-bond donors (Lipinski definition) is 0. The van der Waals surface area contributed by atoms with Crippen LogP contribution in [0.3, 0.4) is 0 Å². The second kappa shape index (κ2) is 2.45. The number of fused-ring (bicyclic) bond motifs is 1. The Labute approximate surface area is 86.1 Å². The molecule has 15 heavy (non-hydrogen) atoms. The van der Waals surface area contributed by atoms with E-state index in [2.05, 4.69) is 0 Å². The minimum atomic E-state index is -0.477. The van der Waals surface area contributed by atoms with Crippen LogP contribution >= 0.6 is 0 Å². The molecule has 76 valence electrons. The van der Waals surface area contributed by atoms with Crippen LogP contribution in [0.15, 0.2) is 35.1 Å². The van der Waals surface area contributed by atoms with Crippen molar-refractivity contribution in [3.8, 4) is 0 Å². The number of allylic oxidation sites excluding steroid dienone is 5. The third kappa shape index (κ3) is 1.11. The van der Waals surface area contributed by atoms with Crippen LogP contribution in [0, 0.1) is 15.5 Å². The van der Waals surface area contributed by atoms with Crippen LogP contribution in [0.2, 0.25) is 0 Å². The molecule has 0 saturated heterocycles. The maximum atomic E-state index is 11.8. The fourth-order valence-corrected chi connectivity index (χ4v) is 2.33. The first kappa shape index (κ1) is 8.59. The van der Waals surface area contributed by atoms with E-state index >= 15 is 0 Å². The largest absolute Gasteiger partial charge is 0.294 e. The first-order valence-electron chi connectivity index (χ1n) is 4.95. The monoisotopic (exact) mass is 203 g/mol. The van der Waals surface area contributed by atoms with Crippen molar-refractivity contribution in [2.75, 3.05) is 0 Å². The SMILES string of the molecule is O=C1CC2(C=C3C=CC([N+](=O)[O-])=C13)CC2. The molecule has 0 amide bonds. The maximum absolute atomic E-state index is 11.8. The van der Waals surface area contributed by atoms with Gasteiger partial charge in [-0.2, -0.15) is 0 Å². The number of hydrogen-bond acceptors (Lipinski definition) is 3. The molecule has 0 N–H and O–H groups in total. The summed E-state index contributed by atoms with van der Waals surface area (Å²) in [4.78, 5) is 22.0. The van der Waals surface area contributed by atoms with Crippen LogP contribution in [0.25, 0.3) is 0 Å². The molecule has 3 aliphatic carbocycles. The lowest BCUT2D eigenvalue weighted by atomic mass is 9.84. The lowest BCUT2D eigenvalue weighted by molar-refractivity contribution is -0.419. The summed E-state index contributed by atoms with van der Waals surface area (Å²) in [6, 6.07) is 0. The molecule has 0 aromatic rings. The van der Waals surface area contributed by atoms with Gasteiger partial charge in [0.1, 0.15) is 5.57 Å². The maximum Gasteiger partial charge on any atom is 0.280 e. The Balaban J connectivity index is 2.15. The van der Waals surface area contributed by atoms with E-state index in [4.69, 9.17) is 0 Å². The summed E-state index contributed by atoms with van der Waals surface area (Å²) in [5, 5.41) is 10.7. The molecule has 1 spiro atoms. The van der Waals surface area contributed by atoms with Gasteiger partial charge in [0.2, 0.25) is 0 Å². The van der Waals surface area contributed by atoms with Crippen LogP contribution in [-0.4, -0.2) is 10.7 Å². The van der Waals surface area contributed by atoms with E-state index in [0.29, 0.717) is 12.0 Å². The molecule has 0 aliphatic heterocycles. The molecule has 1 fully saturated rings. The summed E-state index contributed by atoms with van der Waals surface area (Å²) in [6.45, 7) is 0. The lowest BCUT2D eigenvalue weighted by Gasteiger charge is -2.17. The van der Waals surface area contributed by atoms with Crippen LogP contribution in [-0.2, 0) is 4.79 Å². The summed E-state index contributed by atoms with van der Waals surface area (Å²) in [6.07, 6.45) is 7.68. The summed E-state index contributed by atoms with van der Waals surface area (Å²) < 4.78 is 0. The Morgan fingerprint density at radius 1 is 1.33 bits per heavy atom. The highest BCUT2D eigenvalue weighted by molar-refractivity contribution is 6.04. The molecule has 4 nitrogen and oxygen atoms in total. The molecule has 0 unspecified atom stereocenters. The third-order valence-electron chi connectivity index (χ3n) is 3.31. The average Bonchev–Trinajstić information content (AvgIpc) is 2.76. The minimum Gasteiger partial charge on any atom is -0.294 e. The van der Waals surface area contributed by atoms with Gasteiger partial charge in [-0.1, -0.05) is 6.08 Å². The summed E-state index contributed by atoms with van der Waals surface area (Å²) in [5.41, 5.74) is 1.08. The van der Waals surface area contributed by atoms with Gasteiger partial charge in [0.05, 0.1) is 4.92 Å². The van der Waals surface area contributed by atoms with Gasteiger partial charge in [0.25, 0.3) is 5.70 Å².